The standard InChI is InChI=1S/C20H16N2O3/c23-12-4-7-16-8-9-17-10-11-18(20(25)22(17)14-16)19(24)21-13-15-5-2-1-3-6-15/h1-3,5-6,8-11,14,23H,12-13H2,(H,21,24). The first-order valence-electron chi connectivity index (χ1n) is 7.76. The molecule has 5 nitrogen and oxygen atoms in total. The van der Waals surface area contributed by atoms with Crippen molar-refractivity contribution in [1.82, 2.24) is 9.72 Å². The van der Waals surface area contributed by atoms with Crippen molar-refractivity contribution < 1.29 is 9.90 Å². The fourth-order valence-electron chi connectivity index (χ4n) is 2.46. The third kappa shape index (κ3) is 3.77. The Morgan fingerprint density at radius 1 is 1.08 bits per heavy atom. The van der Waals surface area contributed by atoms with Crippen LogP contribution in [0.3, 0.4) is 0 Å². The average molecular weight is 332 g/mol. The second-order valence-electron chi connectivity index (χ2n) is 5.39. The Morgan fingerprint density at radius 3 is 2.60 bits per heavy atom. The van der Waals surface area contributed by atoms with Crippen molar-refractivity contribution in [2.24, 2.45) is 0 Å². The Morgan fingerprint density at radius 2 is 1.84 bits per heavy atom. The van der Waals surface area contributed by atoms with Gasteiger partial charge in [0, 0.05) is 23.8 Å². The predicted octanol–water partition coefficient (Wildman–Crippen LogP) is 1.57. The molecule has 2 N–H and O–H groups in total. The van der Waals surface area contributed by atoms with Gasteiger partial charge in [0.2, 0.25) is 0 Å². The van der Waals surface area contributed by atoms with E-state index in [2.05, 4.69) is 17.2 Å². The van der Waals surface area contributed by atoms with Crippen LogP contribution in [0.1, 0.15) is 21.5 Å². The predicted molar refractivity (Wildman–Crippen MR) is 95.2 cm³/mol. The highest BCUT2D eigenvalue weighted by atomic mass is 16.2. The van der Waals surface area contributed by atoms with E-state index in [-0.39, 0.29) is 12.2 Å². The van der Waals surface area contributed by atoms with Gasteiger partial charge in [0.1, 0.15) is 12.2 Å². The summed E-state index contributed by atoms with van der Waals surface area (Å²) in [5, 5.41) is 11.5. The van der Waals surface area contributed by atoms with Gasteiger partial charge < -0.3 is 10.4 Å². The monoisotopic (exact) mass is 332 g/mol. The van der Waals surface area contributed by atoms with Gasteiger partial charge in [-0.1, -0.05) is 42.2 Å². The molecule has 0 saturated heterocycles. The highest BCUT2D eigenvalue weighted by molar-refractivity contribution is 5.94. The van der Waals surface area contributed by atoms with Crippen LogP contribution >= 0.6 is 0 Å². The summed E-state index contributed by atoms with van der Waals surface area (Å²) in [6.45, 7) is 0.0959. The maximum absolute atomic E-state index is 12.6. The van der Waals surface area contributed by atoms with Crippen LogP contribution in [-0.2, 0) is 6.54 Å². The molecule has 0 saturated carbocycles. The molecule has 0 aliphatic heterocycles. The number of aliphatic hydroxyl groups excluding tert-OH is 1. The van der Waals surface area contributed by atoms with Gasteiger partial charge in [0.15, 0.2) is 0 Å². The zero-order chi connectivity index (χ0) is 17.6. The SMILES string of the molecule is O=C(NCc1ccccc1)c1ccc2ccc(C#CCO)cn2c1=O. The number of nitrogens with one attached hydrogen (secondary N) is 1. The number of nitrogens with zero attached hydrogens (tertiary/aromatic N) is 1. The van der Waals surface area contributed by atoms with Gasteiger partial charge in [0.05, 0.1) is 0 Å². The minimum absolute atomic E-state index is 0.0701. The number of amides is 1. The van der Waals surface area contributed by atoms with Crippen molar-refractivity contribution >= 4 is 11.4 Å². The summed E-state index contributed by atoms with van der Waals surface area (Å²) in [4.78, 5) is 25.0. The molecule has 5 heteroatoms. The lowest BCUT2D eigenvalue weighted by Gasteiger charge is -2.07. The quantitative estimate of drug-likeness (QED) is 0.715. The second-order valence-corrected chi connectivity index (χ2v) is 5.39. The molecule has 0 fully saturated rings. The number of hydrogen-bond donors (Lipinski definition) is 2. The van der Waals surface area contributed by atoms with Crippen LogP contribution in [0.4, 0.5) is 0 Å². The lowest BCUT2D eigenvalue weighted by atomic mass is 10.2. The lowest BCUT2D eigenvalue weighted by Crippen LogP contribution is -2.30. The number of hydrogen-bond acceptors (Lipinski definition) is 3. The summed E-state index contributed by atoms with van der Waals surface area (Å²) in [5.41, 5.74) is 1.87. The third-order valence-electron chi connectivity index (χ3n) is 3.70. The van der Waals surface area contributed by atoms with Crippen LogP contribution in [0, 0.1) is 11.8 Å². The van der Waals surface area contributed by atoms with Gasteiger partial charge in [-0.15, -0.1) is 0 Å². The van der Waals surface area contributed by atoms with E-state index in [1.807, 2.05) is 30.3 Å². The third-order valence-corrected chi connectivity index (χ3v) is 3.70. The molecule has 3 rings (SSSR count). The molecule has 124 valence electrons. The van der Waals surface area contributed by atoms with Crippen LogP contribution in [0.2, 0.25) is 0 Å². The molecule has 1 amide bonds. The number of rotatable bonds is 3. The topological polar surface area (TPSA) is 70.8 Å². The first-order valence-corrected chi connectivity index (χ1v) is 7.76. The van der Waals surface area contributed by atoms with Crippen molar-refractivity contribution in [1.29, 1.82) is 0 Å². The smallest absolute Gasteiger partial charge is 0.267 e. The van der Waals surface area contributed by atoms with E-state index in [1.54, 1.807) is 24.4 Å². The number of carbonyl (C=O) groups excluding carboxylic acids is 1. The Balaban J connectivity index is 1.89. The summed E-state index contributed by atoms with van der Waals surface area (Å²) in [7, 11) is 0. The maximum Gasteiger partial charge on any atom is 0.267 e. The van der Waals surface area contributed by atoms with Crippen LogP contribution in [0.25, 0.3) is 5.52 Å². The summed E-state index contributed by atoms with van der Waals surface area (Å²) in [5.74, 6) is 4.86. The Kier molecular flexibility index (Phi) is 4.93. The van der Waals surface area contributed by atoms with Gasteiger partial charge in [-0.3, -0.25) is 14.0 Å². The maximum atomic E-state index is 12.6. The fraction of sp³-hybridized carbons (Fsp3) is 0.100. The summed E-state index contributed by atoms with van der Waals surface area (Å²) in [6, 6.07) is 16.2. The van der Waals surface area contributed by atoms with Gasteiger partial charge in [-0.05, 0) is 29.8 Å². The molecule has 0 unspecified atom stereocenters. The summed E-state index contributed by atoms with van der Waals surface area (Å²) in [6.07, 6.45) is 1.56. The number of aromatic nitrogens is 1. The zero-order valence-corrected chi connectivity index (χ0v) is 13.4. The van der Waals surface area contributed by atoms with Crippen LogP contribution < -0.4 is 10.9 Å². The Labute approximate surface area is 144 Å². The number of aliphatic hydroxyl groups is 1. The molecular weight excluding hydrogens is 316 g/mol. The van der Waals surface area contributed by atoms with E-state index >= 15 is 0 Å². The minimum atomic E-state index is -0.421. The number of carbonyl (C=O) groups is 1. The zero-order valence-electron chi connectivity index (χ0n) is 13.4. The van der Waals surface area contributed by atoms with Gasteiger partial charge in [-0.25, -0.2) is 0 Å². The van der Waals surface area contributed by atoms with Crippen LogP contribution in [0.15, 0.2) is 65.6 Å². The second kappa shape index (κ2) is 7.47. The number of fused-ring (bicyclic) bond motifs is 1. The molecular formula is C20H16N2O3. The average Bonchev–Trinajstić information content (AvgIpc) is 2.66. The summed E-state index contributed by atoms with van der Waals surface area (Å²) < 4.78 is 1.39. The molecule has 2 heterocycles. The van der Waals surface area contributed by atoms with E-state index in [9.17, 15) is 9.59 Å². The van der Waals surface area contributed by atoms with Crippen molar-refractivity contribution in [2.75, 3.05) is 6.61 Å². The fourth-order valence-corrected chi connectivity index (χ4v) is 2.46. The van der Waals surface area contributed by atoms with E-state index in [0.29, 0.717) is 17.6 Å². The molecule has 0 aliphatic carbocycles. The Bertz CT molecular complexity index is 1030. The first-order chi connectivity index (χ1) is 12.2. The van der Waals surface area contributed by atoms with Crippen molar-refractivity contribution in [3.05, 3.63) is 87.8 Å². The molecule has 3 aromatic rings. The van der Waals surface area contributed by atoms with Crippen molar-refractivity contribution in [2.45, 2.75) is 6.54 Å². The van der Waals surface area contributed by atoms with E-state index in [1.165, 1.54) is 10.5 Å². The van der Waals surface area contributed by atoms with Crippen LogP contribution in [0.5, 0.6) is 0 Å². The van der Waals surface area contributed by atoms with Gasteiger partial charge in [0.25, 0.3) is 11.5 Å². The Hall–Kier alpha value is -3.36. The van der Waals surface area contributed by atoms with Gasteiger partial charge >= 0.3 is 0 Å². The molecule has 1 aromatic carbocycles. The molecule has 0 spiro atoms. The highest BCUT2D eigenvalue weighted by Crippen LogP contribution is 2.06. The molecule has 25 heavy (non-hydrogen) atoms. The van der Waals surface area contributed by atoms with E-state index in [0.717, 1.165) is 5.56 Å². The summed E-state index contributed by atoms with van der Waals surface area (Å²) >= 11 is 0. The van der Waals surface area contributed by atoms with Crippen molar-refractivity contribution in [3.63, 3.8) is 0 Å². The minimum Gasteiger partial charge on any atom is -0.384 e. The lowest BCUT2D eigenvalue weighted by molar-refractivity contribution is 0.0949. The first kappa shape index (κ1) is 16.5. The molecule has 2 aromatic heterocycles. The normalized spacial score (nSPS) is 10.1. The van der Waals surface area contributed by atoms with E-state index in [4.69, 9.17) is 5.11 Å². The molecule has 0 aliphatic rings. The molecule has 0 radical (unpaired) electrons. The van der Waals surface area contributed by atoms with Gasteiger partial charge in [-0.2, -0.15) is 0 Å². The van der Waals surface area contributed by atoms with Crippen LogP contribution in [-0.4, -0.2) is 22.0 Å². The van der Waals surface area contributed by atoms with E-state index < -0.39 is 11.5 Å². The molecule has 0 bridgehead atoms. The largest absolute Gasteiger partial charge is 0.384 e. The molecule has 0 atom stereocenters. The highest BCUT2D eigenvalue weighted by Gasteiger charge is 2.12. The van der Waals surface area contributed by atoms with Crippen molar-refractivity contribution in [3.8, 4) is 11.8 Å². The number of pyridine rings is 2. The number of benzene rings is 1.